The number of aliphatic hydroxyl groups is 1. The van der Waals surface area contributed by atoms with E-state index in [4.69, 9.17) is 0 Å². The number of unbranched alkanes of at least 4 members (excludes halogenated alkanes) is 4. The fourth-order valence-corrected chi connectivity index (χ4v) is 1.37. The van der Waals surface area contributed by atoms with Crippen molar-refractivity contribution in [3.05, 3.63) is 12.7 Å². The Balaban J connectivity index is 3.11. The topological polar surface area (TPSA) is 46.5 Å². The van der Waals surface area contributed by atoms with Crippen LogP contribution in [0.2, 0.25) is 0 Å². The summed E-state index contributed by atoms with van der Waals surface area (Å²) >= 11 is 0. The fourth-order valence-electron chi connectivity index (χ4n) is 1.37. The molecule has 0 aromatic rings. The Morgan fingerprint density at radius 3 is 2.53 bits per heavy atom. The number of rotatable bonds is 9. The molecule has 0 rings (SSSR count). The lowest BCUT2D eigenvalue weighted by Gasteiger charge is -2.04. The van der Waals surface area contributed by atoms with Gasteiger partial charge in [-0.15, -0.1) is 6.58 Å². The molecule has 0 aliphatic rings. The van der Waals surface area contributed by atoms with Crippen LogP contribution < -0.4 is 0 Å². The lowest BCUT2D eigenvalue weighted by Crippen LogP contribution is -2.01. The first-order valence-corrected chi connectivity index (χ1v) is 5.58. The minimum absolute atomic E-state index is 0.128. The van der Waals surface area contributed by atoms with Gasteiger partial charge in [-0.25, -0.2) is 0 Å². The summed E-state index contributed by atoms with van der Waals surface area (Å²) in [5, 5.41) is 9.19. The first-order valence-electron chi connectivity index (χ1n) is 5.58. The third kappa shape index (κ3) is 9.47. The van der Waals surface area contributed by atoms with Gasteiger partial charge >= 0.3 is 5.97 Å². The second kappa shape index (κ2) is 9.71. The Hall–Kier alpha value is -0.830. The lowest BCUT2D eigenvalue weighted by molar-refractivity contribution is -0.140. The lowest BCUT2D eigenvalue weighted by atomic mass is 10.1. The molecule has 1 atom stereocenters. The highest BCUT2D eigenvalue weighted by Gasteiger charge is 2.00. The van der Waals surface area contributed by atoms with E-state index in [0.29, 0.717) is 6.42 Å². The van der Waals surface area contributed by atoms with E-state index in [1.807, 2.05) is 0 Å². The second-order valence-electron chi connectivity index (χ2n) is 3.69. The maximum atomic E-state index is 10.8. The van der Waals surface area contributed by atoms with Gasteiger partial charge < -0.3 is 9.84 Å². The van der Waals surface area contributed by atoms with Crippen LogP contribution in [-0.4, -0.2) is 24.3 Å². The van der Waals surface area contributed by atoms with Gasteiger partial charge in [0.05, 0.1) is 13.2 Å². The number of ether oxygens (including phenoxy) is 1. The molecular weight excluding hydrogens is 192 g/mol. The zero-order valence-corrected chi connectivity index (χ0v) is 9.58. The summed E-state index contributed by atoms with van der Waals surface area (Å²) in [5.74, 6) is -0.128. The van der Waals surface area contributed by atoms with Crippen molar-refractivity contribution in [2.75, 3.05) is 7.11 Å². The number of carbonyl (C=O) groups excluding carboxylic acids is 1. The van der Waals surface area contributed by atoms with Crippen molar-refractivity contribution >= 4 is 5.97 Å². The summed E-state index contributed by atoms with van der Waals surface area (Å²) in [4.78, 5) is 10.8. The number of methoxy groups -OCH3 is 1. The summed E-state index contributed by atoms with van der Waals surface area (Å²) in [6, 6.07) is 0. The number of carbonyl (C=O) groups is 1. The van der Waals surface area contributed by atoms with Crippen LogP contribution in [0, 0.1) is 0 Å². The number of hydrogen-bond acceptors (Lipinski definition) is 3. The van der Waals surface area contributed by atoms with E-state index in [-0.39, 0.29) is 12.1 Å². The van der Waals surface area contributed by atoms with Gasteiger partial charge in [-0.1, -0.05) is 31.8 Å². The molecule has 0 saturated heterocycles. The van der Waals surface area contributed by atoms with Crippen molar-refractivity contribution < 1.29 is 14.6 Å². The predicted molar refractivity (Wildman–Crippen MR) is 60.5 cm³/mol. The zero-order chi connectivity index (χ0) is 11.5. The Morgan fingerprint density at radius 1 is 1.33 bits per heavy atom. The van der Waals surface area contributed by atoms with Crippen LogP contribution in [0.1, 0.15) is 44.9 Å². The fraction of sp³-hybridized carbons (Fsp3) is 0.750. The van der Waals surface area contributed by atoms with E-state index in [2.05, 4.69) is 11.3 Å². The quantitative estimate of drug-likeness (QED) is 0.364. The molecular formula is C12H22O3. The maximum Gasteiger partial charge on any atom is 0.305 e. The standard InChI is InChI=1S/C12H22O3/c1-3-11(13)9-7-5-4-6-8-10-12(14)15-2/h3,11,13H,1,4-10H2,2H3/t11-/m0/s1. The molecule has 3 heteroatoms. The van der Waals surface area contributed by atoms with Gasteiger partial charge in [0.25, 0.3) is 0 Å². The van der Waals surface area contributed by atoms with E-state index in [0.717, 1.165) is 38.5 Å². The van der Waals surface area contributed by atoms with Gasteiger partial charge in [-0.3, -0.25) is 4.79 Å². The van der Waals surface area contributed by atoms with Gasteiger partial charge in [0, 0.05) is 6.42 Å². The average molecular weight is 214 g/mol. The highest BCUT2D eigenvalue weighted by Crippen LogP contribution is 2.09. The Labute approximate surface area is 92.1 Å². The molecule has 0 aromatic carbocycles. The minimum atomic E-state index is -0.361. The molecule has 1 N–H and O–H groups in total. The van der Waals surface area contributed by atoms with E-state index < -0.39 is 0 Å². The third-order valence-electron chi connectivity index (χ3n) is 2.38. The van der Waals surface area contributed by atoms with E-state index >= 15 is 0 Å². The smallest absolute Gasteiger partial charge is 0.305 e. The third-order valence-corrected chi connectivity index (χ3v) is 2.38. The van der Waals surface area contributed by atoms with Crippen LogP contribution in [0.3, 0.4) is 0 Å². The summed E-state index contributed by atoms with van der Waals surface area (Å²) < 4.78 is 4.54. The average Bonchev–Trinajstić information content (AvgIpc) is 2.26. The van der Waals surface area contributed by atoms with Crippen molar-refractivity contribution in [1.82, 2.24) is 0 Å². The van der Waals surface area contributed by atoms with E-state index in [9.17, 15) is 9.90 Å². The highest BCUT2D eigenvalue weighted by molar-refractivity contribution is 5.68. The monoisotopic (exact) mass is 214 g/mol. The maximum absolute atomic E-state index is 10.8. The summed E-state index contributed by atoms with van der Waals surface area (Å²) in [6.45, 7) is 3.52. The number of hydrogen-bond donors (Lipinski definition) is 1. The SMILES string of the molecule is C=C[C@H](O)CCCCCCCC(=O)OC. The van der Waals surface area contributed by atoms with Crippen molar-refractivity contribution in [3.63, 3.8) is 0 Å². The first-order chi connectivity index (χ1) is 7.20. The van der Waals surface area contributed by atoms with Crippen LogP contribution in [0.15, 0.2) is 12.7 Å². The summed E-state index contributed by atoms with van der Waals surface area (Å²) in [7, 11) is 1.42. The molecule has 0 bridgehead atoms. The molecule has 0 fully saturated rings. The number of esters is 1. The van der Waals surface area contributed by atoms with E-state index in [1.54, 1.807) is 6.08 Å². The van der Waals surface area contributed by atoms with Crippen LogP contribution in [0.25, 0.3) is 0 Å². The molecule has 0 heterocycles. The molecule has 3 nitrogen and oxygen atoms in total. The minimum Gasteiger partial charge on any atom is -0.469 e. The molecule has 0 saturated carbocycles. The van der Waals surface area contributed by atoms with E-state index in [1.165, 1.54) is 7.11 Å². The number of aliphatic hydroxyl groups excluding tert-OH is 1. The Morgan fingerprint density at radius 2 is 1.93 bits per heavy atom. The molecule has 88 valence electrons. The zero-order valence-electron chi connectivity index (χ0n) is 9.58. The largest absolute Gasteiger partial charge is 0.469 e. The van der Waals surface area contributed by atoms with Gasteiger partial charge in [0.1, 0.15) is 0 Å². The summed E-state index contributed by atoms with van der Waals surface area (Å²) in [5.41, 5.74) is 0. The van der Waals surface area contributed by atoms with Gasteiger partial charge in [0.15, 0.2) is 0 Å². The van der Waals surface area contributed by atoms with Crippen molar-refractivity contribution in [2.24, 2.45) is 0 Å². The first kappa shape index (κ1) is 14.2. The highest BCUT2D eigenvalue weighted by atomic mass is 16.5. The Bertz CT molecular complexity index is 178. The van der Waals surface area contributed by atoms with Gasteiger partial charge in [0.2, 0.25) is 0 Å². The normalized spacial score (nSPS) is 12.1. The second-order valence-corrected chi connectivity index (χ2v) is 3.69. The van der Waals surface area contributed by atoms with Crippen LogP contribution in [0.5, 0.6) is 0 Å². The molecule has 0 aliphatic carbocycles. The van der Waals surface area contributed by atoms with Crippen molar-refractivity contribution in [3.8, 4) is 0 Å². The molecule has 0 unspecified atom stereocenters. The van der Waals surface area contributed by atoms with Crippen LogP contribution in [0.4, 0.5) is 0 Å². The predicted octanol–water partition coefficient (Wildman–Crippen LogP) is 2.44. The molecule has 15 heavy (non-hydrogen) atoms. The van der Waals surface area contributed by atoms with Crippen LogP contribution >= 0.6 is 0 Å². The Kier molecular flexibility index (Phi) is 9.18. The molecule has 0 spiro atoms. The van der Waals surface area contributed by atoms with Crippen LogP contribution in [-0.2, 0) is 9.53 Å². The molecule has 0 radical (unpaired) electrons. The molecule has 0 aliphatic heterocycles. The molecule has 0 amide bonds. The van der Waals surface area contributed by atoms with Crippen molar-refractivity contribution in [2.45, 2.75) is 51.0 Å². The van der Waals surface area contributed by atoms with Crippen molar-refractivity contribution in [1.29, 1.82) is 0 Å². The van der Waals surface area contributed by atoms with Gasteiger partial charge in [-0.2, -0.15) is 0 Å². The van der Waals surface area contributed by atoms with Gasteiger partial charge in [-0.05, 0) is 12.8 Å². The summed E-state index contributed by atoms with van der Waals surface area (Å²) in [6.07, 6.45) is 7.71. The molecule has 0 aromatic heterocycles.